The van der Waals surface area contributed by atoms with Crippen molar-refractivity contribution in [3.63, 3.8) is 0 Å². The molecule has 14 heavy (non-hydrogen) atoms. The van der Waals surface area contributed by atoms with Gasteiger partial charge in [-0.25, -0.2) is 0 Å². The van der Waals surface area contributed by atoms with Gasteiger partial charge in [-0.3, -0.25) is 4.79 Å². The van der Waals surface area contributed by atoms with Gasteiger partial charge in [-0.15, -0.1) is 0 Å². The van der Waals surface area contributed by atoms with Crippen LogP contribution in [-0.2, 0) is 16.1 Å². The number of ether oxygens (including phenoxy) is 1. The maximum absolute atomic E-state index is 11.1. The standard InChI is InChI=1S/C10H16N2O2/c1-8(11-2)9-5-4-6-12(9)7-10(13)14-3/h4-6,8,11H,7H2,1-3H3. The number of carbonyl (C=O) groups excluding carboxylic acids is 1. The van der Waals surface area contributed by atoms with Crippen molar-refractivity contribution in [1.82, 2.24) is 9.88 Å². The summed E-state index contributed by atoms with van der Waals surface area (Å²) in [6, 6.07) is 4.14. The van der Waals surface area contributed by atoms with Crippen LogP contribution >= 0.6 is 0 Å². The molecule has 1 rings (SSSR count). The number of esters is 1. The quantitative estimate of drug-likeness (QED) is 0.729. The van der Waals surface area contributed by atoms with E-state index in [9.17, 15) is 4.79 Å². The fraction of sp³-hybridized carbons (Fsp3) is 0.500. The lowest BCUT2D eigenvalue weighted by Gasteiger charge is -2.13. The van der Waals surface area contributed by atoms with Gasteiger partial charge in [-0.2, -0.15) is 0 Å². The molecule has 1 heterocycles. The average Bonchev–Trinajstić information content (AvgIpc) is 2.64. The highest BCUT2D eigenvalue weighted by Crippen LogP contribution is 2.12. The van der Waals surface area contributed by atoms with Gasteiger partial charge in [0.1, 0.15) is 6.54 Å². The first-order chi connectivity index (χ1) is 6.69. The van der Waals surface area contributed by atoms with Crippen molar-refractivity contribution in [2.45, 2.75) is 19.5 Å². The van der Waals surface area contributed by atoms with E-state index in [2.05, 4.69) is 10.1 Å². The Morgan fingerprint density at radius 3 is 3.00 bits per heavy atom. The molecular formula is C10H16N2O2. The van der Waals surface area contributed by atoms with Crippen LogP contribution in [0, 0.1) is 0 Å². The molecule has 0 aliphatic rings. The zero-order valence-corrected chi connectivity index (χ0v) is 8.78. The van der Waals surface area contributed by atoms with Crippen LogP contribution in [0.5, 0.6) is 0 Å². The highest BCUT2D eigenvalue weighted by atomic mass is 16.5. The molecule has 0 aliphatic heterocycles. The van der Waals surface area contributed by atoms with E-state index in [4.69, 9.17) is 0 Å². The van der Waals surface area contributed by atoms with Gasteiger partial charge in [0.2, 0.25) is 0 Å². The zero-order chi connectivity index (χ0) is 10.6. The molecule has 1 unspecified atom stereocenters. The summed E-state index contributed by atoms with van der Waals surface area (Å²) in [4.78, 5) is 11.1. The fourth-order valence-corrected chi connectivity index (χ4v) is 1.32. The second kappa shape index (κ2) is 4.81. The average molecular weight is 196 g/mol. The number of methoxy groups -OCH3 is 1. The minimum atomic E-state index is -0.231. The molecule has 0 amide bonds. The van der Waals surface area contributed by atoms with Crippen LogP contribution in [0.2, 0.25) is 0 Å². The third-order valence-electron chi connectivity index (χ3n) is 2.27. The first-order valence-corrected chi connectivity index (χ1v) is 4.58. The maximum atomic E-state index is 11.1. The first-order valence-electron chi connectivity index (χ1n) is 4.58. The lowest BCUT2D eigenvalue weighted by molar-refractivity contribution is -0.141. The molecule has 1 atom stereocenters. The van der Waals surface area contributed by atoms with Crippen LogP contribution in [0.3, 0.4) is 0 Å². The van der Waals surface area contributed by atoms with Crippen molar-refractivity contribution >= 4 is 5.97 Å². The van der Waals surface area contributed by atoms with Gasteiger partial charge >= 0.3 is 5.97 Å². The summed E-state index contributed by atoms with van der Waals surface area (Å²) in [6.07, 6.45) is 1.88. The molecular weight excluding hydrogens is 180 g/mol. The predicted molar refractivity (Wildman–Crippen MR) is 53.9 cm³/mol. The van der Waals surface area contributed by atoms with Gasteiger partial charge < -0.3 is 14.6 Å². The predicted octanol–water partition coefficient (Wildman–Crippen LogP) is 0.941. The Labute approximate surface area is 83.9 Å². The summed E-state index contributed by atoms with van der Waals surface area (Å²) in [5.41, 5.74) is 1.08. The summed E-state index contributed by atoms with van der Waals surface area (Å²) in [5, 5.41) is 3.13. The number of carbonyl (C=O) groups is 1. The SMILES string of the molecule is CNC(C)c1cccn1CC(=O)OC. The summed E-state index contributed by atoms with van der Waals surface area (Å²) in [6.45, 7) is 2.31. The molecule has 0 bridgehead atoms. The third kappa shape index (κ3) is 2.35. The van der Waals surface area contributed by atoms with E-state index in [1.54, 1.807) is 0 Å². The van der Waals surface area contributed by atoms with E-state index in [-0.39, 0.29) is 18.6 Å². The number of nitrogens with zero attached hydrogens (tertiary/aromatic N) is 1. The third-order valence-corrected chi connectivity index (χ3v) is 2.27. The summed E-state index contributed by atoms with van der Waals surface area (Å²) in [5.74, 6) is -0.231. The number of aromatic nitrogens is 1. The van der Waals surface area contributed by atoms with Crippen molar-refractivity contribution < 1.29 is 9.53 Å². The number of hydrogen-bond donors (Lipinski definition) is 1. The first kappa shape index (κ1) is 10.8. The van der Waals surface area contributed by atoms with Crippen LogP contribution in [0.4, 0.5) is 0 Å². The van der Waals surface area contributed by atoms with Crippen LogP contribution in [0.15, 0.2) is 18.3 Å². The summed E-state index contributed by atoms with van der Waals surface area (Å²) < 4.78 is 6.49. The van der Waals surface area contributed by atoms with Gasteiger partial charge in [0, 0.05) is 17.9 Å². The highest BCUT2D eigenvalue weighted by molar-refractivity contribution is 5.69. The number of nitrogens with one attached hydrogen (secondary N) is 1. The minimum Gasteiger partial charge on any atom is -0.468 e. The molecule has 0 fully saturated rings. The molecule has 4 nitrogen and oxygen atoms in total. The number of hydrogen-bond acceptors (Lipinski definition) is 3. The van der Waals surface area contributed by atoms with Gasteiger partial charge in [0.25, 0.3) is 0 Å². The fourth-order valence-electron chi connectivity index (χ4n) is 1.32. The second-order valence-corrected chi connectivity index (χ2v) is 3.15. The van der Waals surface area contributed by atoms with E-state index < -0.39 is 0 Å². The number of rotatable bonds is 4. The van der Waals surface area contributed by atoms with E-state index in [1.807, 2.05) is 36.9 Å². The lowest BCUT2D eigenvalue weighted by atomic mass is 10.2. The van der Waals surface area contributed by atoms with Crippen LogP contribution in [0.1, 0.15) is 18.7 Å². The molecule has 1 aromatic rings. The minimum absolute atomic E-state index is 0.231. The largest absolute Gasteiger partial charge is 0.468 e. The normalized spacial score (nSPS) is 12.5. The molecule has 0 aromatic carbocycles. The second-order valence-electron chi connectivity index (χ2n) is 3.15. The Kier molecular flexibility index (Phi) is 3.71. The van der Waals surface area contributed by atoms with Crippen LogP contribution in [0.25, 0.3) is 0 Å². The van der Waals surface area contributed by atoms with Crippen LogP contribution in [-0.4, -0.2) is 24.7 Å². The van der Waals surface area contributed by atoms with E-state index in [1.165, 1.54) is 7.11 Å². The van der Waals surface area contributed by atoms with Gasteiger partial charge in [-0.1, -0.05) is 0 Å². The molecule has 1 N–H and O–H groups in total. The molecule has 0 saturated heterocycles. The molecule has 78 valence electrons. The van der Waals surface area contributed by atoms with E-state index in [0.717, 1.165) is 5.69 Å². The molecule has 0 aliphatic carbocycles. The lowest BCUT2D eigenvalue weighted by Crippen LogP contribution is -2.19. The maximum Gasteiger partial charge on any atom is 0.325 e. The topological polar surface area (TPSA) is 43.3 Å². The Morgan fingerprint density at radius 1 is 1.71 bits per heavy atom. The Hall–Kier alpha value is -1.29. The van der Waals surface area contributed by atoms with E-state index >= 15 is 0 Å². The Balaban J connectivity index is 2.77. The van der Waals surface area contributed by atoms with Gasteiger partial charge in [0.05, 0.1) is 7.11 Å². The van der Waals surface area contributed by atoms with Crippen molar-refractivity contribution in [3.05, 3.63) is 24.0 Å². The van der Waals surface area contributed by atoms with E-state index in [0.29, 0.717) is 0 Å². The van der Waals surface area contributed by atoms with Crippen molar-refractivity contribution in [3.8, 4) is 0 Å². The molecule has 0 saturated carbocycles. The van der Waals surface area contributed by atoms with Crippen LogP contribution < -0.4 is 5.32 Å². The molecule has 1 aromatic heterocycles. The van der Waals surface area contributed by atoms with Crippen molar-refractivity contribution in [2.24, 2.45) is 0 Å². The highest BCUT2D eigenvalue weighted by Gasteiger charge is 2.10. The monoisotopic (exact) mass is 196 g/mol. The molecule has 0 radical (unpaired) electrons. The van der Waals surface area contributed by atoms with Crippen molar-refractivity contribution in [2.75, 3.05) is 14.2 Å². The van der Waals surface area contributed by atoms with Crippen molar-refractivity contribution in [1.29, 1.82) is 0 Å². The molecule has 4 heteroatoms. The smallest absolute Gasteiger partial charge is 0.325 e. The van der Waals surface area contributed by atoms with Gasteiger partial charge in [0.15, 0.2) is 0 Å². The summed E-state index contributed by atoms with van der Waals surface area (Å²) >= 11 is 0. The Bertz CT molecular complexity index is 307. The van der Waals surface area contributed by atoms with Gasteiger partial charge in [-0.05, 0) is 26.1 Å². The summed E-state index contributed by atoms with van der Waals surface area (Å²) in [7, 11) is 3.28. The zero-order valence-electron chi connectivity index (χ0n) is 8.78. The Morgan fingerprint density at radius 2 is 2.43 bits per heavy atom. The molecule has 0 spiro atoms.